The van der Waals surface area contributed by atoms with Crippen molar-refractivity contribution in [2.75, 3.05) is 34.3 Å². The number of hydrogen-bond acceptors (Lipinski definition) is 5. The SMILES string of the molecule is COc1c(C(=O)N(C)C)cc(Cl)cc1S(=O)(=O)N[C@@H]1CCCNC1. The lowest BCUT2D eigenvalue weighted by Gasteiger charge is -2.24. The number of ether oxygens (including phenoxy) is 1. The monoisotopic (exact) mass is 375 g/mol. The molecular weight excluding hydrogens is 354 g/mol. The summed E-state index contributed by atoms with van der Waals surface area (Å²) in [5.74, 6) is -0.389. The Morgan fingerprint density at radius 1 is 1.42 bits per heavy atom. The van der Waals surface area contributed by atoms with E-state index in [0.717, 1.165) is 19.4 Å². The fourth-order valence-electron chi connectivity index (χ4n) is 2.61. The van der Waals surface area contributed by atoms with Crippen LogP contribution in [0.2, 0.25) is 5.02 Å². The summed E-state index contributed by atoms with van der Waals surface area (Å²) in [4.78, 5) is 13.5. The highest BCUT2D eigenvalue weighted by molar-refractivity contribution is 7.89. The normalized spacial score (nSPS) is 18.2. The third kappa shape index (κ3) is 4.18. The smallest absolute Gasteiger partial charge is 0.257 e. The fraction of sp³-hybridized carbons (Fsp3) is 0.533. The standard InChI is InChI=1S/C15H22ClN3O4S/c1-19(2)15(20)12-7-10(16)8-13(14(12)23-3)24(21,22)18-11-5-4-6-17-9-11/h7-8,11,17-18H,4-6,9H2,1-3H3/t11-/m1/s1. The van der Waals surface area contributed by atoms with Gasteiger partial charge >= 0.3 is 0 Å². The molecule has 0 unspecified atom stereocenters. The van der Waals surface area contributed by atoms with Crippen LogP contribution in [-0.4, -0.2) is 59.6 Å². The van der Waals surface area contributed by atoms with E-state index in [4.69, 9.17) is 16.3 Å². The van der Waals surface area contributed by atoms with Gasteiger partial charge in [0.2, 0.25) is 10.0 Å². The van der Waals surface area contributed by atoms with Crippen molar-refractivity contribution in [3.8, 4) is 5.75 Å². The molecule has 134 valence electrons. The maximum Gasteiger partial charge on any atom is 0.257 e. The van der Waals surface area contributed by atoms with Crippen molar-refractivity contribution < 1.29 is 17.9 Å². The Bertz CT molecular complexity index is 716. The van der Waals surface area contributed by atoms with Gasteiger partial charge in [0.05, 0.1) is 12.7 Å². The number of sulfonamides is 1. The number of hydrogen-bond donors (Lipinski definition) is 2. The highest BCUT2D eigenvalue weighted by atomic mass is 35.5. The van der Waals surface area contributed by atoms with Gasteiger partial charge in [0.25, 0.3) is 5.91 Å². The lowest BCUT2D eigenvalue weighted by Crippen LogP contribution is -2.45. The van der Waals surface area contributed by atoms with E-state index in [9.17, 15) is 13.2 Å². The summed E-state index contributed by atoms with van der Waals surface area (Å²) in [5.41, 5.74) is 0.108. The second-order valence-electron chi connectivity index (χ2n) is 5.85. The van der Waals surface area contributed by atoms with Crippen LogP contribution in [0.5, 0.6) is 5.75 Å². The van der Waals surface area contributed by atoms with Gasteiger partial charge in [-0.1, -0.05) is 11.6 Å². The van der Waals surface area contributed by atoms with Gasteiger partial charge in [-0.05, 0) is 31.5 Å². The van der Waals surface area contributed by atoms with Crippen LogP contribution in [0.25, 0.3) is 0 Å². The van der Waals surface area contributed by atoms with Crippen LogP contribution in [0.3, 0.4) is 0 Å². The zero-order valence-corrected chi connectivity index (χ0v) is 15.5. The van der Waals surface area contributed by atoms with Crippen molar-refractivity contribution in [3.05, 3.63) is 22.7 Å². The average Bonchev–Trinajstić information content (AvgIpc) is 2.53. The first kappa shape index (κ1) is 19.0. The molecule has 1 aliphatic rings. The first-order valence-corrected chi connectivity index (χ1v) is 9.44. The van der Waals surface area contributed by atoms with E-state index in [-0.39, 0.29) is 33.2 Å². The van der Waals surface area contributed by atoms with Gasteiger partial charge in [-0.25, -0.2) is 13.1 Å². The minimum absolute atomic E-state index is 0.00521. The second-order valence-corrected chi connectivity index (χ2v) is 7.97. The molecular formula is C15H22ClN3O4S. The van der Waals surface area contributed by atoms with Crippen molar-refractivity contribution >= 4 is 27.5 Å². The number of amides is 1. The van der Waals surface area contributed by atoms with Crippen LogP contribution in [0, 0.1) is 0 Å². The van der Waals surface area contributed by atoms with E-state index in [0.29, 0.717) is 6.54 Å². The predicted octanol–water partition coefficient (Wildman–Crippen LogP) is 1.08. The van der Waals surface area contributed by atoms with Crippen LogP contribution < -0.4 is 14.8 Å². The Morgan fingerprint density at radius 3 is 2.67 bits per heavy atom. The number of piperidine rings is 1. The molecule has 0 aromatic heterocycles. The maximum atomic E-state index is 12.8. The molecule has 0 spiro atoms. The third-order valence-corrected chi connectivity index (χ3v) is 5.51. The molecule has 2 rings (SSSR count). The fourth-order valence-corrected chi connectivity index (χ4v) is 4.38. The van der Waals surface area contributed by atoms with Gasteiger partial charge in [-0.2, -0.15) is 0 Å². The summed E-state index contributed by atoms with van der Waals surface area (Å²) in [7, 11) is 0.598. The molecule has 1 heterocycles. The number of rotatable bonds is 5. The third-order valence-electron chi connectivity index (χ3n) is 3.77. The van der Waals surface area contributed by atoms with E-state index in [1.165, 1.54) is 24.1 Å². The molecule has 7 nitrogen and oxygen atoms in total. The molecule has 1 aliphatic heterocycles. The van der Waals surface area contributed by atoms with Gasteiger partial charge in [-0.3, -0.25) is 4.79 Å². The van der Waals surface area contributed by atoms with Crippen LogP contribution in [0.15, 0.2) is 17.0 Å². The molecule has 1 aromatic rings. The molecule has 1 aromatic carbocycles. The number of carbonyl (C=O) groups is 1. The average molecular weight is 376 g/mol. The summed E-state index contributed by atoms with van der Waals surface area (Å²) in [6, 6.07) is 2.50. The summed E-state index contributed by atoms with van der Waals surface area (Å²) in [6.45, 7) is 1.44. The topological polar surface area (TPSA) is 87.7 Å². The van der Waals surface area contributed by atoms with Crippen LogP contribution in [0.4, 0.5) is 0 Å². The molecule has 0 radical (unpaired) electrons. The van der Waals surface area contributed by atoms with Crippen molar-refractivity contribution in [1.29, 1.82) is 0 Å². The first-order valence-electron chi connectivity index (χ1n) is 7.58. The molecule has 1 atom stereocenters. The lowest BCUT2D eigenvalue weighted by atomic mass is 10.1. The number of halogens is 1. The maximum absolute atomic E-state index is 12.8. The van der Waals surface area contributed by atoms with Crippen LogP contribution in [-0.2, 0) is 10.0 Å². The highest BCUT2D eigenvalue weighted by Crippen LogP contribution is 2.32. The lowest BCUT2D eigenvalue weighted by molar-refractivity contribution is 0.0824. The molecule has 1 fully saturated rings. The molecule has 1 saturated heterocycles. The van der Waals surface area contributed by atoms with Crippen molar-refractivity contribution in [1.82, 2.24) is 14.9 Å². The zero-order valence-electron chi connectivity index (χ0n) is 13.9. The minimum atomic E-state index is -3.88. The number of nitrogens with zero attached hydrogens (tertiary/aromatic N) is 1. The van der Waals surface area contributed by atoms with E-state index in [1.807, 2.05) is 0 Å². The van der Waals surface area contributed by atoms with E-state index < -0.39 is 10.0 Å². The number of benzene rings is 1. The van der Waals surface area contributed by atoms with E-state index >= 15 is 0 Å². The quantitative estimate of drug-likeness (QED) is 0.804. The summed E-state index contributed by atoms with van der Waals surface area (Å²) >= 11 is 6.05. The van der Waals surface area contributed by atoms with E-state index in [2.05, 4.69) is 10.0 Å². The number of nitrogens with one attached hydrogen (secondary N) is 2. The highest BCUT2D eigenvalue weighted by Gasteiger charge is 2.29. The van der Waals surface area contributed by atoms with Gasteiger partial charge in [0.1, 0.15) is 4.90 Å². The largest absolute Gasteiger partial charge is 0.494 e. The Labute approximate surface area is 147 Å². The van der Waals surface area contributed by atoms with Gasteiger partial charge in [0, 0.05) is 31.7 Å². The Hall–Kier alpha value is -1.35. The number of methoxy groups -OCH3 is 1. The first-order chi connectivity index (χ1) is 11.3. The summed E-state index contributed by atoms with van der Waals surface area (Å²) in [6.07, 6.45) is 1.64. The second kappa shape index (κ2) is 7.69. The van der Waals surface area contributed by atoms with Crippen LogP contribution >= 0.6 is 11.6 Å². The van der Waals surface area contributed by atoms with Crippen LogP contribution in [0.1, 0.15) is 23.2 Å². The zero-order chi connectivity index (χ0) is 17.9. The predicted molar refractivity (Wildman–Crippen MR) is 92.2 cm³/mol. The van der Waals surface area contributed by atoms with Crippen molar-refractivity contribution in [2.45, 2.75) is 23.8 Å². The molecule has 0 aliphatic carbocycles. The number of carbonyl (C=O) groups excluding carboxylic acids is 1. The summed E-state index contributed by atoms with van der Waals surface area (Å²) < 4.78 is 33.4. The van der Waals surface area contributed by atoms with Gasteiger partial charge in [0.15, 0.2) is 5.75 Å². The summed E-state index contributed by atoms with van der Waals surface area (Å²) in [5, 5.41) is 3.30. The van der Waals surface area contributed by atoms with E-state index in [1.54, 1.807) is 14.1 Å². The molecule has 1 amide bonds. The Kier molecular flexibility index (Phi) is 6.08. The molecule has 2 N–H and O–H groups in total. The van der Waals surface area contributed by atoms with Crippen molar-refractivity contribution in [3.63, 3.8) is 0 Å². The van der Waals surface area contributed by atoms with Gasteiger partial charge < -0.3 is 15.0 Å². The minimum Gasteiger partial charge on any atom is -0.494 e. The molecule has 9 heteroatoms. The Balaban J connectivity index is 2.46. The van der Waals surface area contributed by atoms with Gasteiger partial charge in [-0.15, -0.1) is 0 Å². The molecule has 0 saturated carbocycles. The molecule has 0 bridgehead atoms. The molecule has 24 heavy (non-hydrogen) atoms. The van der Waals surface area contributed by atoms with Crippen molar-refractivity contribution in [2.24, 2.45) is 0 Å². The Morgan fingerprint density at radius 2 is 2.12 bits per heavy atom.